The number of rotatable bonds is 9. The summed E-state index contributed by atoms with van der Waals surface area (Å²) in [5.41, 5.74) is 0.918. The van der Waals surface area contributed by atoms with Gasteiger partial charge in [-0.25, -0.2) is 4.98 Å². The van der Waals surface area contributed by atoms with Crippen LogP contribution < -0.4 is 20.4 Å². The van der Waals surface area contributed by atoms with Crippen LogP contribution in [0.1, 0.15) is 23.8 Å². The third-order valence-corrected chi connectivity index (χ3v) is 6.18. The first-order valence-electron chi connectivity index (χ1n) is 12.3. The van der Waals surface area contributed by atoms with Crippen molar-refractivity contribution in [2.24, 2.45) is 0 Å². The molecular weight excluding hydrogens is 520 g/mol. The van der Waals surface area contributed by atoms with Gasteiger partial charge in [-0.3, -0.25) is 33.9 Å². The molecule has 3 N–H and O–H groups in total. The van der Waals surface area contributed by atoms with Gasteiger partial charge in [-0.05, 0) is 37.3 Å². The fraction of sp³-hybridized carbons (Fsp3) is 0.259. The predicted molar refractivity (Wildman–Crippen MR) is 142 cm³/mol. The summed E-state index contributed by atoms with van der Waals surface area (Å²) in [6, 6.07) is 8.57. The van der Waals surface area contributed by atoms with Gasteiger partial charge in [-0.2, -0.15) is 0 Å². The highest BCUT2D eigenvalue weighted by molar-refractivity contribution is 6.11. The van der Waals surface area contributed by atoms with Crippen molar-refractivity contribution in [1.82, 2.24) is 20.6 Å². The Morgan fingerprint density at radius 2 is 1.88 bits per heavy atom. The molecule has 1 aliphatic rings. The number of anilines is 2. The number of para-hydroxylation sites is 2. The Labute approximate surface area is 228 Å². The Morgan fingerprint density at radius 1 is 1.12 bits per heavy atom. The van der Waals surface area contributed by atoms with Crippen LogP contribution >= 0.6 is 0 Å². The molecule has 0 aliphatic carbocycles. The second-order valence-corrected chi connectivity index (χ2v) is 9.08. The number of aromatic nitrogens is 2. The normalized spacial score (nSPS) is 15.6. The number of hydrogen-bond donors (Lipinski definition) is 3. The van der Waals surface area contributed by atoms with Crippen molar-refractivity contribution in [3.05, 3.63) is 60.6 Å². The first-order chi connectivity index (χ1) is 19.2. The fourth-order valence-electron chi connectivity index (χ4n) is 4.34. The average molecular weight is 547 g/mol. The maximum atomic E-state index is 13.8. The lowest BCUT2D eigenvalue weighted by Crippen LogP contribution is -2.55. The number of fused-ring (bicyclic) bond motifs is 2. The monoisotopic (exact) mass is 546 g/mol. The minimum Gasteiger partial charge on any atom is -0.387 e. The van der Waals surface area contributed by atoms with Gasteiger partial charge >= 0.3 is 0 Å². The molecule has 13 heteroatoms. The van der Waals surface area contributed by atoms with Crippen LogP contribution in [0.3, 0.4) is 0 Å². The number of carbonyl (C=O) groups is 6. The van der Waals surface area contributed by atoms with Crippen LogP contribution in [0.2, 0.25) is 0 Å². The molecule has 0 spiro atoms. The Balaban J connectivity index is 1.66. The second-order valence-electron chi connectivity index (χ2n) is 9.08. The number of aldehydes is 1. The molecule has 13 nitrogen and oxygen atoms in total. The maximum Gasteiger partial charge on any atom is 0.270 e. The quantitative estimate of drug-likeness (QED) is 0.306. The summed E-state index contributed by atoms with van der Waals surface area (Å²) in [5.74, 6) is -3.20. The van der Waals surface area contributed by atoms with Gasteiger partial charge in [0.1, 0.15) is 37.0 Å². The van der Waals surface area contributed by atoms with Gasteiger partial charge in [0.2, 0.25) is 5.91 Å². The van der Waals surface area contributed by atoms with Crippen LogP contribution in [-0.2, 0) is 24.0 Å². The second kappa shape index (κ2) is 12.2. The number of benzene rings is 1. The first-order valence-corrected chi connectivity index (χ1v) is 12.3. The van der Waals surface area contributed by atoms with E-state index in [9.17, 15) is 33.9 Å². The Morgan fingerprint density at radius 3 is 2.58 bits per heavy atom. The standard InChI is InChI=1S/C27H26N6O7/c1-16(36)10-18(14-34)29-24(37)13-33-23-5-3-2-4-22(23)32(25(38)15-35)12-21(27(33)40)31-26(39)20-7-6-17-11-28-9-8-19(17)30-20/h2-9,11,14,18,21,35H,10,12-13,15H2,1H3,(H,29,37)(H,31,39)/t18-,21-/m0/s1. The lowest BCUT2D eigenvalue weighted by molar-refractivity contribution is -0.127. The van der Waals surface area contributed by atoms with E-state index in [4.69, 9.17) is 0 Å². The lowest BCUT2D eigenvalue weighted by atomic mass is 10.1. The van der Waals surface area contributed by atoms with Gasteiger partial charge in [0, 0.05) is 24.2 Å². The van der Waals surface area contributed by atoms with Gasteiger partial charge in [0.15, 0.2) is 0 Å². The van der Waals surface area contributed by atoms with Crippen molar-refractivity contribution in [3.63, 3.8) is 0 Å². The molecule has 0 saturated carbocycles. The summed E-state index contributed by atoms with van der Waals surface area (Å²) < 4.78 is 0. The predicted octanol–water partition coefficient (Wildman–Crippen LogP) is -0.237. The molecule has 40 heavy (non-hydrogen) atoms. The molecule has 3 aromatic rings. The number of amides is 4. The summed E-state index contributed by atoms with van der Waals surface area (Å²) >= 11 is 0. The Hall–Kier alpha value is -5.04. The number of pyridine rings is 2. The molecule has 0 saturated heterocycles. The highest BCUT2D eigenvalue weighted by Crippen LogP contribution is 2.33. The summed E-state index contributed by atoms with van der Waals surface area (Å²) in [6.07, 6.45) is 3.32. The van der Waals surface area contributed by atoms with E-state index in [1.807, 2.05) is 0 Å². The smallest absolute Gasteiger partial charge is 0.270 e. The molecule has 4 rings (SSSR count). The molecule has 0 unspecified atom stereocenters. The van der Waals surface area contributed by atoms with Crippen LogP contribution in [0.15, 0.2) is 54.9 Å². The van der Waals surface area contributed by atoms with Crippen LogP contribution in [0.25, 0.3) is 10.9 Å². The number of nitrogens with zero attached hydrogens (tertiary/aromatic N) is 4. The lowest BCUT2D eigenvalue weighted by Gasteiger charge is -2.25. The number of Topliss-reactive ketones (excluding diaryl/α,β-unsaturated/α-hetero) is 1. The molecule has 1 aliphatic heterocycles. The number of hydrogen-bond acceptors (Lipinski definition) is 9. The van der Waals surface area contributed by atoms with E-state index >= 15 is 0 Å². The maximum absolute atomic E-state index is 13.8. The third-order valence-electron chi connectivity index (χ3n) is 6.18. The summed E-state index contributed by atoms with van der Waals surface area (Å²) in [7, 11) is 0. The van der Waals surface area contributed by atoms with Gasteiger partial charge in [-0.15, -0.1) is 0 Å². The van der Waals surface area contributed by atoms with Crippen molar-refractivity contribution in [2.75, 3.05) is 29.5 Å². The van der Waals surface area contributed by atoms with Crippen molar-refractivity contribution in [2.45, 2.75) is 25.4 Å². The molecule has 4 amide bonds. The van der Waals surface area contributed by atoms with Crippen molar-refractivity contribution in [1.29, 1.82) is 0 Å². The van der Waals surface area contributed by atoms with Crippen LogP contribution in [0, 0.1) is 0 Å². The topological polar surface area (TPSA) is 179 Å². The molecule has 206 valence electrons. The zero-order chi connectivity index (χ0) is 28.8. The van der Waals surface area contributed by atoms with Gasteiger partial charge in [0.25, 0.3) is 17.7 Å². The van der Waals surface area contributed by atoms with E-state index in [2.05, 4.69) is 20.6 Å². The zero-order valence-electron chi connectivity index (χ0n) is 21.4. The van der Waals surface area contributed by atoms with Gasteiger partial charge < -0.3 is 25.4 Å². The number of ketones is 1. The van der Waals surface area contributed by atoms with Crippen molar-refractivity contribution >= 4 is 58.0 Å². The molecule has 3 heterocycles. The number of nitrogens with one attached hydrogen (secondary N) is 2. The molecule has 0 bridgehead atoms. The van der Waals surface area contributed by atoms with E-state index in [0.29, 0.717) is 17.2 Å². The zero-order valence-corrected chi connectivity index (χ0v) is 21.4. The Bertz CT molecular complexity index is 1490. The van der Waals surface area contributed by atoms with E-state index in [1.54, 1.807) is 30.5 Å². The molecule has 0 radical (unpaired) electrons. The van der Waals surface area contributed by atoms with E-state index < -0.39 is 48.9 Å². The summed E-state index contributed by atoms with van der Waals surface area (Å²) in [5, 5.41) is 15.3. The Kier molecular flexibility index (Phi) is 8.54. The van der Waals surface area contributed by atoms with Crippen LogP contribution in [0.4, 0.5) is 11.4 Å². The third kappa shape index (κ3) is 6.15. The number of aliphatic hydroxyl groups is 1. The van der Waals surface area contributed by atoms with Crippen molar-refractivity contribution < 1.29 is 33.9 Å². The minimum atomic E-state index is -1.34. The highest BCUT2D eigenvalue weighted by atomic mass is 16.3. The molecular formula is C27H26N6O7. The SMILES string of the molecule is CC(=O)C[C@@H](C=O)NC(=O)CN1C(=O)[C@@H](NC(=O)c2ccc3cnccc3n2)CN(C(=O)CO)c2ccccc21. The fourth-order valence-corrected chi connectivity index (χ4v) is 4.34. The van der Waals surface area contributed by atoms with Crippen LogP contribution in [0.5, 0.6) is 0 Å². The highest BCUT2D eigenvalue weighted by Gasteiger charge is 2.38. The number of aliphatic hydroxyl groups excluding tert-OH is 1. The molecule has 0 fully saturated rings. The van der Waals surface area contributed by atoms with Crippen LogP contribution in [-0.4, -0.2) is 82.6 Å². The summed E-state index contributed by atoms with van der Waals surface area (Å²) in [4.78, 5) is 85.9. The van der Waals surface area contributed by atoms with E-state index in [0.717, 1.165) is 9.80 Å². The minimum absolute atomic E-state index is 0.00986. The number of carbonyl (C=O) groups excluding carboxylic acids is 6. The van der Waals surface area contributed by atoms with Gasteiger partial charge in [-0.1, -0.05) is 12.1 Å². The molecule has 2 aromatic heterocycles. The molecule has 2 atom stereocenters. The van der Waals surface area contributed by atoms with E-state index in [1.165, 1.54) is 31.3 Å². The van der Waals surface area contributed by atoms with E-state index in [-0.39, 0.29) is 35.8 Å². The first kappa shape index (κ1) is 28.0. The van der Waals surface area contributed by atoms with Crippen molar-refractivity contribution in [3.8, 4) is 0 Å². The van der Waals surface area contributed by atoms with Gasteiger partial charge in [0.05, 0.1) is 29.5 Å². The largest absolute Gasteiger partial charge is 0.387 e. The molecule has 1 aromatic carbocycles. The summed E-state index contributed by atoms with van der Waals surface area (Å²) in [6.45, 7) is -0.501. The average Bonchev–Trinajstić information content (AvgIpc) is 3.06.